The molecule has 0 aliphatic rings. The number of rotatable bonds is 7. The predicted molar refractivity (Wildman–Crippen MR) is 127 cm³/mol. The highest BCUT2D eigenvalue weighted by molar-refractivity contribution is 7.89. The van der Waals surface area contributed by atoms with Gasteiger partial charge < -0.3 is 5.32 Å². The van der Waals surface area contributed by atoms with Crippen LogP contribution in [0.3, 0.4) is 0 Å². The number of nitrogens with one attached hydrogen (secondary N) is 3. The Labute approximate surface area is 197 Å². The molecule has 0 heterocycles. The van der Waals surface area contributed by atoms with Gasteiger partial charge in [0, 0.05) is 12.6 Å². The number of sulfonamides is 1. The minimum Gasteiger partial charge on any atom is -0.321 e. The second kappa shape index (κ2) is 10.7. The molecule has 34 heavy (non-hydrogen) atoms. The molecule has 0 fully saturated rings. The molecule has 0 saturated carbocycles. The summed E-state index contributed by atoms with van der Waals surface area (Å²) in [7, 11) is -2.61. The number of anilines is 1. The highest BCUT2D eigenvalue weighted by atomic mass is 32.2. The zero-order valence-electron chi connectivity index (χ0n) is 18.6. The summed E-state index contributed by atoms with van der Waals surface area (Å²) in [5.74, 6) is -1.81. The van der Waals surface area contributed by atoms with Crippen LogP contribution >= 0.6 is 0 Å². The highest BCUT2D eigenvalue weighted by Crippen LogP contribution is 2.17. The van der Waals surface area contributed by atoms with Crippen LogP contribution in [0, 0.1) is 6.92 Å². The number of aryl methyl sites for hydroxylation is 1. The van der Waals surface area contributed by atoms with E-state index in [2.05, 4.69) is 16.2 Å². The lowest BCUT2D eigenvalue weighted by atomic mass is 10.1. The summed E-state index contributed by atoms with van der Waals surface area (Å²) in [6.45, 7) is 1.32. The molecule has 3 rings (SSSR count). The standard InChI is InChI=1S/C24H24N4O5S/c1-17-12-14-19(15-13-17)34(32,33)28(2)16-22(29)26-27-24(31)20-10-6-7-11-21(20)25-23(30)18-8-4-3-5-9-18/h3-15H,16H2,1-2H3,(H,25,30)(H,26,29)(H,27,31). The van der Waals surface area contributed by atoms with E-state index in [4.69, 9.17) is 0 Å². The summed E-state index contributed by atoms with van der Waals surface area (Å²) >= 11 is 0. The van der Waals surface area contributed by atoms with Crippen molar-refractivity contribution in [1.29, 1.82) is 0 Å². The molecule has 0 unspecified atom stereocenters. The summed E-state index contributed by atoms with van der Waals surface area (Å²) in [5, 5.41) is 2.67. The number of benzene rings is 3. The Morgan fingerprint density at radius 2 is 1.41 bits per heavy atom. The number of carbonyl (C=O) groups excluding carboxylic acids is 3. The van der Waals surface area contributed by atoms with Crippen molar-refractivity contribution in [3.05, 3.63) is 95.6 Å². The van der Waals surface area contributed by atoms with Gasteiger partial charge in [0.05, 0.1) is 22.7 Å². The van der Waals surface area contributed by atoms with E-state index in [-0.39, 0.29) is 16.1 Å². The van der Waals surface area contributed by atoms with Gasteiger partial charge in [-0.25, -0.2) is 8.42 Å². The van der Waals surface area contributed by atoms with Crippen LogP contribution in [0.4, 0.5) is 5.69 Å². The van der Waals surface area contributed by atoms with Gasteiger partial charge in [-0.2, -0.15) is 4.31 Å². The first-order valence-electron chi connectivity index (χ1n) is 10.3. The fourth-order valence-corrected chi connectivity index (χ4v) is 4.11. The Bertz CT molecular complexity index is 1290. The maximum absolute atomic E-state index is 12.6. The third-order valence-electron chi connectivity index (χ3n) is 4.87. The zero-order chi connectivity index (χ0) is 24.7. The molecule has 0 saturated heterocycles. The van der Waals surface area contributed by atoms with Crippen molar-refractivity contribution in [3.8, 4) is 0 Å². The van der Waals surface area contributed by atoms with Gasteiger partial charge >= 0.3 is 0 Å². The first-order valence-corrected chi connectivity index (χ1v) is 11.7. The molecule has 0 atom stereocenters. The van der Waals surface area contributed by atoms with Crippen molar-refractivity contribution in [2.45, 2.75) is 11.8 Å². The van der Waals surface area contributed by atoms with Crippen molar-refractivity contribution in [3.63, 3.8) is 0 Å². The van der Waals surface area contributed by atoms with E-state index >= 15 is 0 Å². The number of hydrogen-bond donors (Lipinski definition) is 3. The lowest BCUT2D eigenvalue weighted by Gasteiger charge is -2.17. The molecule has 0 radical (unpaired) electrons. The minimum absolute atomic E-state index is 0.0560. The molecule has 3 aromatic carbocycles. The highest BCUT2D eigenvalue weighted by Gasteiger charge is 2.23. The van der Waals surface area contributed by atoms with E-state index in [1.54, 1.807) is 60.7 Å². The van der Waals surface area contributed by atoms with Crippen LogP contribution in [-0.4, -0.2) is 44.0 Å². The first kappa shape index (κ1) is 24.6. The average Bonchev–Trinajstić information content (AvgIpc) is 2.83. The molecule has 9 nitrogen and oxygen atoms in total. The molecule has 3 amide bonds. The Morgan fingerprint density at radius 3 is 2.09 bits per heavy atom. The number of amides is 3. The fraction of sp³-hybridized carbons (Fsp3) is 0.125. The molecule has 3 N–H and O–H groups in total. The van der Waals surface area contributed by atoms with Crippen molar-refractivity contribution in [1.82, 2.24) is 15.2 Å². The predicted octanol–water partition coefficient (Wildman–Crippen LogP) is 2.33. The van der Waals surface area contributed by atoms with Gasteiger partial charge in [0.15, 0.2) is 0 Å². The van der Waals surface area contributed by atoms with E-state index in [0.29, 0.717) is 5.56 Å². The van der Waals surface area contributed by atoms with Gasteiger partial charge in [0.2, 0.25) is 10.0 Å². The number of likely N-dealkylation sites (N-methyl/N-ethyl adjacent to an activating group) is 1. The van der Waals surface area contributed by atoms with Gasteiger partial charge in [-0.15, -0.1) is 0 Å². The number of para-hydroxylation sites is 1. The van der Waals surface area contributed by atoms with Gasteiger partial charge in [0.1, 0.15) is 0 Å². The maximum Gasteiger partial charge on any atom is 0.271 e. The number of nitrogens with zero attached hydrogens (tertiary/aromatic N) is 1. The van der Waals surface area contributed by atoms with Gasteiger partial charge in [0.25, 0.3) is 17.7 Å². The van der Waals surface area contributed by atoms with Crippen LogP contribution < -0.4 is 16.2 Å². The van der Waals surface area contributed by atoms with E-state index in [0.717, 1.165) is 9.87 Å². The third-order valence-corrected chi connectivity index (χ3v) is 6.68. The summed E-state index contributed by atoms with van der Waals surface area (Å²) in [4.78, 5) is 37.4. The number of hydrogen-bond acceptors (Lipinski definition) is 5. The van der Waals surface area contributed by atoms with Crippen LogP contribution in [-0.2, 0) is 14.8 Å². The van der Waals surface area contributed by atoms with Crippen LogP contribution in [0.1, 0.15) is 26.3 Å². The van der Waals surface area contributed by atoms with Gasteiger partial charge in [-0.3, -0.25) is 25.2 Å². The quantitative estimate of drug-likeness (QED) is 0.448. The third kappa shape index (κ3) is 6.06. The average molecular weight is 481 g/mol. The molecule has 3 aromatic rings. The zero-order valence-corrected chi connectivity index (χ0v) is 19.4. The Hall–Kier alpha value is -4.02. The summed E-state index contributed by atoms with van der Waals surface area (Å²) in [5.41, 5.74) is 6.14. The second-order valence-corrected chi connectivity index (χ2v) is 9.49. The van der Waals surface area contributed by atoms with Crippen LogP contribution in [0.5, 0.6) is 0 Å². The van der Waals surface area contributed by atoms with E-state index in [9.17, 15) is 22.8 Å². The second-order valence-electron chi connectivity index (χ2n) is 7.44. The molecule has 0 aliphatic heterocycles. The van der Waals surface area contributed by atoms with Crippen molar-refractivity contribution < 1.29 is 22.8 Å². The van der Waals surface area contributed by atoms with Crippen LogP contribution in [0.15, 0.2) is 83.8 Å². The normalized spacial score (nSPS) is 11.0. The molecular weight excluding hydrogens is 456 g/mol. The van der Waals surface area contributed by atoms with Crippen molar-refractivity contribution in [2.24, 2.45) is 0 Å². The molecule has 0 bridgehead atoms. The summed E-state index contributed by atoms with van der Waals surface area (Å²) in [6.07, 6.45) is 0. The van der Waals surface area contributed by atoms with Crippen molar-refractivity contribution in [2.75, 3.05) is 18.9 Å². The van der Waals surface area contributed by atoms with Crippen molar-refractivity contribution >= 4 is 33.4 Å². The van der Waals surface area contributed by atoms with E-state index < -0.39 is 34.3 Å². The molecule has 0 spiro atoms. The molecular formula is C24H24N4O5S. The van der Waals surface area contributed by atoms with Crippen LogP contribution in [0.25, 0.3) is 0 Å². The van der Waals surface area contributed by atoms with Gasteiger partial charge in [-0.1, -0.05) is 48.0 Å². The van der Waals surface area contributed by atoms with E-state index in [1.165, 1.54) is 25.2 Å². The molecule has 0 aliphatic carbocycles. The maximum atomic E-state index is 12.6. The van der Waals surface area contributed by atoms with Crippen LogP contribution in [0.2, 0.25) is 0 Å². The monoisotopic (exact) mass is 480 g/mol. The molecule has 0 aromatic heterocycles. The van der Waals surface area contributed by atoms with Gasteiger partial charge in [-0.05, 0) is 43.3 Å². The summed E-state index contributed by atoms with van der Waals surface area (Å²) in [6, 6.07) is 21.0. The van der Waals surface area contributed by atoms with E-state index in [1.807, 2.05) is 6.92 Å². The Kier molecular flexibility index (Phi) is 7.77. The minimum atomic E-state index is -3.88. The smallest absolute Gasteiger partial charge is 0.271 e. The number of carbonyl (C=O) groups is 3. The first-order chi connectivity index (χ1) is 16.2. The topological polar surface area (TPSA) is 125 Å². The summed E-state index contributed by atoms with van der Waals surface area (Å²) < 4.78 is 26.1. The lowest BCUT2D eigenvalue weighted by molar-refractivity contribution is -0.121. The molecule has 10 heteroatoms. The largest absolute Gasteiger partial charge is 0.321 e. The Balaban J connectivity index is 1.61. The SMILES string of the molecule is Cc1ccc(S(=O)(=O)N(C)CC(=O)NNC(=O)c2ccccc2NC(=O)c2ccccc2)cc1. The lowest BCUT2D eigenvalue weighted by Crippen LogP contribution is -2.46. The Morgan fingerprint density at radius 1 is 0.794 bits per heavy atom. The fourth-order valence-electron chi connectivity index (χ4n) is 2.98. The molecule has 176 valence electrons. The number of hydrazine groups is 1.